The van der Waals surface area contributed by atoms with Crippen LogP contribution in [0.25, 0.3) is 21.9 Å². The van der Waals surface area contributed by atoms with Crippen LogP contribution in [0.2, 0.25) is 0 Å². The second-order valence-corrected chi connectivity index (χ2v) is 8.02. The molecule has 4 rings (SSSR count). The van der Waals surface area contributed by atoms with Crippen molar-refractivity contribution in [3.63, 3.8) is 0 Å². The van der Waals surface area contributed by atoms with E-state index in [9.17, 15) is 5.11 Å². The normalized spacial score (nSPS) is 18.2. The highest BCUT2D eigenvalue weighted by atomic mass is 16.5. The van der Waals surface area contributed by atoms with E-state index in [2.05, 4.69) is 25.2 Å². The van der Waals surface area contributed by atoms with Crippen molar-refractivity contribution in [2.45, 2.75) is 39.3 Å². The molecule has 2 N–H and O–H groups in total. The lowest BCUT2D eigenvalue weighted by Crippen LogP contribution is -2.36. The van der Waals surface area contributed by atoms with E-state index in [0.29, 0.717) is 17.4 Å². The summed E-state index contributed by atoms with van der Waals surface area (Å²) in [4.78, 5) is 0. The highest BCUT2D eigenvalue weighted by Gasteiger charge is 2.30. The van der Waals surface area contributed by atoms with Gasteiger partial charge in [-0.3, -0.25) is 0 Å². The Labute approximate surface area is 177 Å². The molecule has 0 aromatic heterocycles. The summed E-state index contributed by atoms with van der Waals surface area (Å²) in [5.74, 6) is 2.41. The topological polar surface area (TPSA) is 60.0 Å². The summed E-state index contributed by atoms with van der Waals surface area (Å²) in [5.41, 5.74) is 4.69. The Morgan fingerprint density at radius 1 is 0.933 bits per heavy atom. The number of benzene rings is 3. The van der Waals surface area contributed by atoms with Crippen LogP contribution in [0.3, 0.4) is 0 Å². The van der Waals surface area contributed by atoms with Crippen LogP contribution in [0.5, 0.6) is 23.0 Å². The zero-order chi connectivity index (χ0) is 21.6. The summed E-state index contributed by atoms with van der Waals surface area (Å²) in [5, 5.41) is 16.9. The predicted molar refractivity (Wildman–Crippen MR) is 120 cm³/mol. The molecule has 158 valence electrons. The number of hydrogen-bond acceptors (Lipinski definition) is 5. The highest BCUT2D eigenvalue weighted by Crippen LogP contribution is 2.50. The van der Waals surface area contributed by atoms with E-state index in [4.69, 9.17) is 14.2 Å². The average Bonchev–Trinajstić information content (AvgIpc) is 2.72. The van der Waals surface area contributed by atoms with Gasteiger partial charge < -0.3 is 24.6 Å². The van der Waals surface area contributed by atoms with Crippen molar-refractivity contribution in [1.29, 1.82) is 0 Å². The fourth-order valence-electron chi connectivity index (χ4n) is 4.88. The van der Waals surface area contributed by atoms with E-state index in [1.54, 1.807) is 21.3 Å². The molecule has 3 aromatic carbocycles. The number of nitrogens with one attached hydrogen (secondary N) is 1. The molecule has 0 unspecified atom stereocenters. The van der Waals surface area contributed by atoms with E-state index < -0.39 is 0 Å². The maximum Gasteiger partial charge on any atom is 0.132 e. The number of ether oxygens (including phenoxy) is 3. The standard InChI is InChI=1S/C25H29NO4/c1-13-10-19(29-5)23-17(8-7-9-18(23)28-4)21(13)24-20(30-6)12-16-11-14(2)26-15(3)22(16)25(24)27/h7-10,12,14-15,26-27H,11H2,1-6H3/t14-,15-/m1/s1. The summed E-state index contributed by atoms with van der Waals surface area (Å²) in [6.45, 7) is 6.27. The number of phenols is 1. The van der Waals surface area contributed by atoms with Crippen molar-refractivity contribution in [3.8, 4) is 34.1 Å². The molecule has 0 fully saturated rings. The third kappa shape index (κ3) is 3.05. The van der Waals surface area contributed by atoms with Crippen LogP contribution in [0.4, 0.5) is 0 Å². The lowest BCUT2D eigenvalue weighted by molar-refractivity contribution is 0.390. The van der Waals surface area contributed by atoms with Gasteiger partial charge >= 0.3 is 0 Å². The molecule has 0 saturated heterocycles. The molecule has 1 aliphatic heterocycles. The van der Waals surface area contributed by atoms with Gasteiger partial charge in [-0.2, -0.15) is 0 Å². The number of phenolic OH excluding ortho intramolecular Hbond substituents is 1. The summed E-state index contributed by atoms with van der Waals surface area (Å²) in [7, 11) is 4.96. The number of aromatic hydroxyl groups is 1. The maximum atomic E-state index is 11.5. The molecule has 0 spiro atoms. The fraction of sp³-hybridized carbons (Fsp3) is 0.360. The molecular formula is C25H29NO4. The highest BCUT2D eigenvalue weighted by molar-refractivity contribution is 6.07. The minimum atomic E-state index is 0.0489. The number of methoxy groups -OCH3 is 3. The third-order valence-corrected chi connectivity index (χ3v) is 6.08. The molecule has 1 heterocycles. The quantitative estimate of drug-likeness (QED) is 0.627. The molecule has 0 saturated carbocycles. The van der Waals surface area contributed by atoms with Gasteiger partial charge in [0.25, 0.3) is 0 Å². The van der Waals surface area contributed by atoms with Gasteiger partial charge in [-0.25, -0.2) is 0 Å². The van der Waals surface area contributed by atoms with Crippen molar-refractivity contribution in [3.05, 3.63) is 47.0 Å². The Kier molecular flexibility index (Phi) is 5.24. The molecule has 5 heteroatoms. The van der Waals surface area contributed by atoms with E-state index in [0.717, 1.165) is 50.9 Å². The fourth-order valence-corrected chi connectivity index (χ4v) is 4.88. The summed E-state index contributed by atoms with van der Waals surface area (Å²) < 4.78 is 17.1. The molecule has 1 aliphatic rings. The number of rotatable bonds is 4. The van der Waals surface area contributed by atoms with Gasteiger partial charge in [-0.05, 0) is 61.9 Å². The van der Waals surface area contributed by atoms with Crippen LogP contribution >= 0.6 is 0 Å². The Morgan fingerprint density at radius 2 is 1.63 bits per heavy atom. The van der Waals surface area contributed by atoms with E-state index in [1.165, 1.54) is 0 Å². The monoisotopic (exact) mass is 407 g/mol. The third-order valence-electron chi connectivity index (χ3n) is 6.08. The first-order chi connectivity index (χ1) is 14.4. The smallest absolute Gasteiger partial charge is 0.132 e. The Hall–Kier alpha value is -2.92. The molecular weight excluding hydrogens is 378 g/mol. The SMILES string of the molecule is COc1cc2c(c(O)c1-c1c(C)cc(OC)c3c(OC)cccc13)[C@@H](C)N[C@H](C)C2. The van der Waals surface area contributed by atoms with Gasteiger partial charge in [0.15, 0.2) is 0 Å². The Balaban J connectivity index is 2.11. The average molecular weight is 408 g/mol. The number of hydrogen-bond donors (Lipinski definition) is 2. The van der Waals surface area contributed by atoms with Gasteiger partial charge in [-0.1, -0.05) is 12.1 Å². The largest absolute Gasteiger partial charge is 0.507 e. The van der Waals surface area contributed by atoms with Crippen molar-refractivity contribution in [1.82, 2.24) is 5.32 Å². The van der Waals surface area contributed by atoms with Gasteiger partial charge in [0, 0.05) is 23.2 Å². The van der Waals surface area contributed by atoms with Crippen molar-refractivity contribution < 1.29 is 19.3 Å². The zero-order valence-electron chi connectivity index (χ0n) is 18.4. The second-order valence-electron chi connectivity index (χ2n) is 8.02. The van der Waals surface area contributed by atoms with Gasteiger partial charge in [0.1, 0.15) is 23.0 Å². The molecule has 0 amide bonds. The van der Waals surface area contributed by atoms with E-state index in [1.807, 2.05) is 31.2 Å². The summed E-state index contributed by atoms with van der Waals surface area (Å²) >= 11 is 0. The van der Waals surface area contributed by atoms with E-state index in [-0.39, 0.29) is 11.8 Å². The van der Waals surface area contributed by atoms with Crippen LogP contribution in [0, 0.1) is 6.92 Å². The van der Waals surface area contributed by atoms with Gasteiger partial charge in [-0.15, -0.1) is 0 Å². The number of fused-ring (bicyclic) bond motifs is 2. The Bertz CT molecular complexity index is 1120. The van der Waals surface area contributed by atoms with Crippen LogP contribution in [0.15, 0.2) is 30.3 Å². The summed E-state index contributed by atoms with van der Waals surface area (Å²) in [6.07, 6.45) is 0.847. The second kappa shape index (κ2) is 7.73. The molecule has 3 aromatic rings. The van der Waals surface area contributed by atoms with Gasteiger partial charge in [0.2, 0.25) is 0 Å². The minimum absolute atomic E-state index is 0.0489. The maximum absolute atomic E-state index is 11.5. The van der Waals surface area contributed by atoms with E-state index >= 15 is 0 Å². The number of aryl methyl sites for hydroxylation is 1. The molecule has 5 nitrogen and oxygen atoms in total. The lowest BCUT2D eigenvalue weighted by Gasteiger charge is -2.31. The molecule has 0 bridgehead atoms. The van der Waals surface area contributed by atoms with Gasteiger partial charge in [0.05, 0.1) is 32.3 Å². The van der Waals surface area contributed by atoms with Crippen molar-refractivity contribution >= 4 is 10.8 Å². The first-order valence-electron chi connectivity index (χ1n) is 10.2. The predicted octanol–water partition coefficient (Wildman–Crippen LogP) is 5.14. The Morgan fingerprint density at radius 3 is 2.30 bits per heavy atom. The first-order valence-corrected chi connectivity index (χ1v) is 10.2. The van der Waals surface area contributed by atoms with Crippen LogP contribution in [-0.4, -0.2) is 32.5 Å². The lowest BCUT2D eigenvalue weighted by atomic mass is 9.84. The van der Waals surface area contributed by atoms with Crippen molar-refractivity contribution in [2.75, 3.05) is 21.3 Å². The molecule has 30 heavy (non-hydrogen) atoms. The van der Waals surface area contributed by atoms with Crippen molar-refractivity contribution in [2.24, 2.45) is 0 Å². The molecule has 0 radical (unpaired) electrons. The molecule has 2 atom stereocenters. The van der Waals surface area contributed by atoms with Crippen LogP contribution in [-0.2, 0) is 6.42 Å². The summed E-state index contributed by atoms with van der Waals surface area (Å²) in [6, 6.07) is 10.4. The van der Waals surface area contributed by atoms with Crippen LogP contribution in [0.1, 0.15) is 36.6 Å². The minimum Gasteiger partial charge on any atom is -0.507 e. The zero-order valence-corrected chi connectivity index (χ0v) is 18.4. The van der Waals surface area contributed by atoms with Crippen LogP contribution < -0.4 is 19.5 Å². The molecule has 0 aliphatic carbocycles. The first kappa shape index (κ1) is 20.4.